The zero-order valence-corrected chi connectivity index (χ0v) is 14.7. The first-order chi connectivity index (χ1) is 10.6. The minimum atomic E-state index is -0.0516. The van der Waals surface area contributed by atoms with E-state index in [0.29, 0.717) is 0 Å². The van der Waals surface area contributed by atoms with Crippen LogP contribution >= 0.6 is 12.4 Å². The van der Waals surface area contributed by atoms with Gasteiger partial charge in [0.05, 0.1) is 12.2 Å². The molecule has 1 aromatic heterocycles. The second-order valence-corrected chi connectivity index (χ2v) is 6.86. The van der Waals surface area contributed by atoms with Crippen molar-refractivity contribution in [3.05, 3.63) is 18.6 Å². The van der Waals surface area contributed by atoms with E-state index >= 15 is 0 Å². The predicted molar refractivity (Wildman–Crippen MR) is 92.9 cm³/mol. The van der Waals surface area contributed by atoms with Crippen molar-refractivity contribution in [2.45, 2.75) is 32.7 Å². The van der Waals surface area contributed by atoms with Gasteiger partial charge < -0.3 is 15.1 Å². The molecule has 0 saturated carbocycles. The average molecular weight is 340 g/mol. The monoisotopic (exact) mass is 339 g/mol. The highest BCUT2D eigenvalue weighted by molar-refractivity contribution is 5.85. The summed E-state index contributed by atoms with van der Waals surface area (Å²) >= 11 is 0. The fourth-order valence-corrected chi connectivity index (χ4v) is 3.43. The topological polar surface area (TPSA) is 61.4 Å². The van der Waals surface area contributed by atoms with E-state index in [4.69, 9.17) is 0 Å². The highest BCUT2D eigenvalue weighted by atomic mass is 35.5. The predicted octanol–water partition coefficient (Wildman–Crippen LogP) is 1.33. The lowest BCUT2D eigenvalue weighted by molar-refractivity contribution is -0.137. The summed E-state index contributed by atoms with van der Waals surface area (Å²) in [6.45, 7) is 8.47. The normalized spacial score (nSPS) is 24.0. The molecule has 2 saturated heterocycles. The van der Waals surface area contributed by atoms with E-state index in [1.807, 2.05) is 4.90 Å². The van der Waals surface area contributed by atoms with Crippen LogP contribution in [0.4, 0.5) is 5.82 Å². The first kappa shape index (κ1) is 17.9. The van der Waals surface area contributed by atoms with Crippen LogP contribution in [0.1, 0.15) is 26.7 Å². The van der Waals surface area contributed by atoms with Crippen molar-refractivity contribution < 1.29 is 4.79 Å². The number of nitrogens with one attached hydrogen (secondary N) is 1. The highest BCUT2D eigenvalue weighted by Gasteiger charge is 2.39. The molecule has 6 nitrogen and oxygen atoms in total. The summed E-state index contributed by atoms with van der Waals surface area (Å²) in [4.78, 5) is 25.5. The van der Waals surface area contributed by atoms with E-state index in [9.17, 15) is 4.79 Å². The molecular formula is C16H26ClN5O. The van der Waals surface area contributed by atoms with Gasteiger partial charge in [-0.05, 0) is 24.8 Å². The average Bonchev–Trinajstić information content (AvgIpc) is 2.55. The summed E-state index contributed by atoms with van der Waals surface area (Å²) in [6, 6.07) is -0.0516. The summed E-state index contributed by atoms with van der Waals surface area (Å²) < 4.78 is 0. The molecule has 128 valence electrons. The van der Waals surface area contributed by atoms with E-state index in [-0.39, 0.29) is 29.8 Å². The van der Waals surface area contributed by atoms with Gasteiger partial charge in [0.2, 0.25) is 5.91 Å². The van der Waals surface area contributed by atoms with Gasteiger partial charge in [-0.25, -0.2) is 4.98 Å². The molecule has 3 heterocycles. The first-order valence-corrected chi connectivity index (χ1v) is 8.11. The number of carbonyl (C=O) groups is 1. The maximum absolute atomic E-state index is 12.8. The third-order valence-electron chi connectivity index (χ3n) is 4.84. The molecule has 0 radical (unpaired) electrons. The second kappa shape index (κ2) is 7.45. The molecule has 0 bridgehead atoms. The van der Waals surface area contributed by atoms with Crippen LogP contribution in [-0.4, -0.2) is 59.5 Å². The maximum Gasteiger partial charge on any atom is 0.240 e. The molecule has 1 aromatic rings. The molecule has 1 amide bonds. The van der Waals surface area contributed by atoms with E-state index in [2.05, 4.69) is 34.0 Å². The molecule has 7 heteroatoms. The SMILES string of the molecule is CC1(C)CCCNC1C(=O)N1CCN(c2cnccn2)CC1.Cl. The fraction of sp³-hybridized carbons (Fsp3) is 0.688. The number of carbonyl (C=O) groups excluding carboxylic acids is 1. The zero-order chi connectivity index (χ0) is 15.6. The van der Waals surface area contributed by atoms with Crippen molar-refractivity contribution in [3.8, 4) is 0 Å². The number of aromatic nitrogens is 2. The number of hydrogen-bond donors (Lipinski definition) is 1. The molecule has 2 aliphatic heterocycles. The van der Waals surface area contributed by atoms with E-state index < -0.39 is 0 Å². The number of nitrogens with zero attached hydrogens (tertiary/aromatic N) is 4. The molecule has 1 unspecified atom stereocenters. The summed E-state index contributed by atoms with van der Waals surface area (Å²) in [6.07, 6.45) is 7.43. The molecule has 3 rings (SSSR count). The van der Waals surface area contributed by atoms with Gasteiger partial charge in [0.1, 0.15) is 5.82 Å². The Morgan fingerprint density at radius 2 is 2.00 bits per heavy atom. The van der Waals surface area contributed by atoms with Gasteiger partial charge in [-0.3, -0.25) is 9.78 Å². The Kier molecular flexibility index (Phi) is 5.81. The van der Waals surface area contributed by atoms with Crippen LogP contribution in [0.2, 0.25) is 0 Å². The largest absolute Gasteiger partial charge is 0.352 e. The lowest BCUT2D eigenvalue weighted by atomic mass is 9.77. The van der Waals surface area contributed by atoms with Gasteiger partial charge in [0.25, 0.3) is 0 Å². The summed E-state index contributed by atoms with van der Waals surface area (Å²) in [5.74, 6) is 1.15. The van der Waals surface area contributed by atoms with Gasteiger partial charge >= 0.3 is 0 Å². The number of amides is 1. The van der Waals surface area contributed by atoms with E-state index in [0.717, 1.165) is 51.4 Å². The molecule has 0 aliphatic carbocycles. The minimum Gasteiger partial charge on any atom is -0.352 e. The third-order valence-corrected chi connectivity index (χ3v) is 4.84. The Hall–Kier alpha value is -1.40. The maximum atomic E-state index is 12.8. The van der Waals surface area contributed by atoms with Gasteiger partial charge in [-0.1, -0.05) is 13.8 Å². The number of piperazine rings is 1. The Labute approximate surface area is 144 Å². The van der Waals surface area contributed by atoms with Gasteiger partial charge in [0.15, 0.2) is 0 Å². The van der Waals surface area contributed by atoms with Crippen molar-refractivity contribution in [2.75, 3.05) is 37.6 Å². The van der Waals surface area contributed by atoms with Crippen molar-refractivity contribution >= 4 is 24.1 Å². The van der Waals surface area contributed by atoms with Crippen molar-refractivity contribution in [1.29, 1.82) is 0 Å². The number of piperidine rings is 1. The van der Waals surface area contributed by atoms with E-state index in [1.54, 1.807) is 18.6 Å². The first-order valence-electron chi connectivity index (χ1n) is 8.11. The van der Waals surface area contributed by atoms with Crippen LogP contribution in [0, 0.1) is 5.41 Å². The summed E-state index contributed by atoms with van der Waals surface area (Å²) in [5, 5.41) is 3.42. The second-order valence-electron chi connectivity index (χ2n) is 6.86. The lowest BCUT2D eigenvalue weighted by Gasteiger charge is -2.43. The smallest absolute Gasteiger partial charge is 0.240 e. The van der Waals surface area contributed by atoms with Gasteiger partial charge in [-0.15, -0.1) is 12.4 Å². The minimum absolute atomic E-state index is 0. The summed E-state index contributed by atoms with van der Waals surface area (Å²) in [7, 11) is 0. The fourth-order valence-electron chi connectivity index (χ4n) is 3.43. The number of hydrogen-bond acceptors (Lipinski definition) is 5. The standard InChI is InChI=1S/C16H25N5O.ClH/c1-16(2)4-3-5-19-14(16)15(22)21-10-8-20(9-11-21)13-12-17-6-7-18-13;/h6-7,12,14,19H,3-5,8-11H2,1-2H3;1H. The van der Waals surface area contributed by atoms with Gasteiger partial charge in [-0.2, -0.15) is 0 Å². The summed E-state index contributed by atoms with van der Waals surface area (Å²) in [5.41, 5.74) is 0.0391. The lowest BCUT2D eigenvalue weighted by Crippen LogP contribution is -2.59. The molecule has 0 spiro atoms. The molecular weight excluding hydrogens is 314 g/mol. The zero-order valence-electron chi connectivity index (χ0n) is 13.9. The molecule has 2 fully saturated rings. The van der Waals surface area contributed by atoms with Crippen molar-refractivity contribution in [1.82, 2.24) is 20.2 Å². The quantitative estimate of drug-likeness (QED) is 0.880. The van der Waals surface area contributed by atoms with Crippen LogP contribution in [0.15, 0.2) is 18.6 Å². The number of anilines is 1. The van der Waals surface area contributed by atoms with Crippen molar-refractivity contribution in [3.63, 3.8) is 0 Å². The van der Waals surface area contributed by atoms with Crippen LogP contribution in [0.3, 0.4) is 0 Å². The third kappa shape index (κ3) is 3.93. The Balaban J connectivity index is 0.00000192. The van der Waals surface area contributed by atoms with E-state index in [1.165, 1.54) is 0 Å². The number of halogens is 1. The van der Waals surface area contributed by atoms with Gasteiger partial charge in [0, 0.05) is 38.6 Å². The van der Waals surface area contributed by atoms with Crippen LogP contribution in [0.5, 0.6) is 0 Å². The molecule has 0 aromatic carbocycles. The Morgan fingerprint density at radius 3 is 2.61 bits per heavy atom. The molecule has 1 atom stereocenters. The van der Waals surface area contributed by atoms with Crippen molar-refractivity contribution in [2.24, 2.45) is 5.41 Å². The molecule has 1 N–H and O–H groups in total. The molecule has 2 aliphatic rings. The van der Waals surface area contributed by atoms with Crippen LogP contribution in [0.25, 0.3) is 0 Å². The highest BCUT2D eigenvalue weighted by Crippen LogP contribution is 2.31. The molecule has 23 heavy (non-hydrogen) atoms. The van der Waals surface area contributed by atoms with Crippen LogP contribution in [-0.2, 0) is 4.79 Å². The number of rotatable bonds is 2. The van der Waals surface area contributed by atoms with Crippen LogP contribution < -0.4 is 10.2 Å². The Morgan fingerprint density at radius 1 is 1.26 bits per heavy atom. The Bertz CT molecular complexity index is 516.